The lowest BCUT2D eigenvalue weighted by atomic mass is 10.3. The molecule has 0 amide bonds. The lowest BCUT2D eigenvalue weighted by Crippen LogP contribution is -2.26. The Bertz CT molecular complexity index is 388. The molecule has 0 bridgehead atoms. The third-order valence-corrected chi connectivity index (χ3v) is 3.85. The van der Waals surface area contributed by atoms with Gasteiger partial charge in [0, 0.05) is 4.87 Å². The molecule has 0 nitrogen and oxygen atoms in total. The Morgan fingerprint density at radius 3 is 1.28 bits per heavy atom. The predicted molar refractivity (Wildman–Crippen MR) is 86.3 cm³/mol. The van der Waals surface area contributed by atoms with Crippen LogP contribution in [0.3, 0.4) is 0 Å². The number of alkyl halides is 1. The molecule has 0 fully saturated rings. The standard InChI is InChI=1S/C12H12Si.C4H9Cl/c1-3-7-11(8-4-1)13-12-9-5-2-6-10-12;1-4(2,3)5/h1-10H,13H2;1-3H3. The smallest absolute Gasteiger partial charge is 0.0875 e. The van der Waals surface area contributed by atoms with Crippen LogP contribution in [-0.2, 0) is 0 Å². The van der Waals surface area contributed by atoms with Gasteiger partial charge in [0.2, 0.25) is 0 Å². The van der Waals surface area contributed by atoms with Crippen molar-refractivity contribution in [1.82, 2.24) is 0 Å². The Labute approximate surface area is 118 Å². The number of halogens is 1. The Morgan fingerprint density at radius 1 is 0.722 bits per heavy atom. The molecule has 0 aliphatic carbocycles. The van der Waals surface area contributed by atoms with Gasteiger partial charge in [-0.3, -0.25) is 0 Å². The average molecular weight is 277 g/mol. The van der Waals surface area contributed by atoms with Crippen LogP contribution in [0.25, 0.3) is 0 Å². The number of hydrogen-bond acceptors (Lipinski definition) is 0. The molecule has 2 aromatic rings. The monoisotopic (exact) mass is 276 g/mol. The van der Waals surface area contributed by atoms with Crippen molar-refractivity contribution in [2.24, 2.45) is 0 Å². The molecule has 0 heterocycles. The first kappa shape index (κ1) is 15.0. The zero-order chi connectivity index (χ0) is 13.4. The van der Waals surface area contributed by atoms with Gasteiger partial charge in [0.05, 0.1) is 9.52 Å². The summed E-state index contributed by atoms with van der Waals surface area (Å²) in [7, 11) is -0.234. The average Bonchev–Trinajstić information content (AvgIpc) is 2.29. The molecule has 0 atom stereocenters. The summed E-state index contributed by atoms with van der Waals surface area (Å²) in [5, 5.41) is 3.02. The van der Waals surface area contributed by atoms with Gasteiger partial charge < -0.3 is 0 Å². The molecular formula is C16H21ClSi. The molecule has 0 unspecified atom stereocenters. The molecule has 0 aliphatic rings. The van der Waals surface area contributed by atoms with E-state index in [4.69, 9.17) is 11.6 Å². The molecular weight excluding hydrogens is 256 g/mol. The molecule has 0 aromatic heterocycles. The van der Waals surface area contributed by atoms with Crippen LogP contribution in [0, 0.1) is 0 Å². The maximum Gasteiger partial charge on any atom is 0.0875 e. The van der Waals surface area contributed by atoms with Crippen LogP contribution < -0.4 is 10.4 Å². The Hall–Kier alpha value is -1.05. The van der Waals surface area contributed by atoms with Crippen molar-refractivity contribution in [3.05, 3.63) is 60.7 Å². The highest BCUT2D eigenvalue weighted by Crippen LogP contribution is 2.07. The Morgan fingerprint density at radius 2 is 1.00 bits per heavy atom. The van der Waals surface area contributed by atoms with Gasteiger partial charge in [-0.2, -0.15) is 0 Å². The minimum Gasteiger partial charge on any atom is -0.120 e. The molecule has 2 aromatic carbocycles. The fourth-order valence-corrected chi connectivity index (χ4v) is 2.91. The van der Waals surface area contributed by atoms with Crippen LogP contribution in [-0.4, -0.2) is 14.4 Å². The first-order chi connectivity index (χ1) is 8.45. The molecule has 0 N–H and O–H groups in total. The summed E-state index contributed by atoms with van der Waals surface area (Å²) in [6.45, 7) is 5.86. The quantitative estimate of drug-likeness (QED) is 0.585. The van der Waals surface area contributed by atoms with Crippen molar-refractivity contribution < 1.29 is 0 Å². The third kappa shape index (κ3) is 8.10. The van der Waals surface area contributed by atoms with Gasteiger partial charge in [-0.25, -0.2) is 0 Å². The minimum absolute atomic E-state index is 0.0278. The number of hydrogen-bond donors (Lipinski definition) is 0. The Kier molecular flexibility index (Phi) is 6.17. The second-order valence-electron chi connectivity index (χ2n) is 5.21. The van der Waals surface area contributed by atoms with Crippen molar-refractivity contribution in [3.8, 4) is 0 Å². The van der Waals surface area contributed by atoms with E-state index in [9.17, 15) is 0 Å². The molecule has 2 heteroatoms. The van der Waals surface area contributed by atoms with Gasteiger partial charge in [0.15, 0.2) is 0 Å². The predicted octanol–water partition coefficient (Wildman–Crippen LogP) is 2.83. The molecule has 0 spiro atoms. The highest BCUT2D eigenvalue weighted by atomic mass is 35.5. The summed E-state index contributed by atoms with van der Waals surface area (Å²) in [4.78, 5) is -0.0278. The van der Waals surface area contributed by atoms with E-state index in [0.717, 1.165) is 0 Å². The van der Waals surface area contributed by atoms with E-state index in [-0.39, 0.29) is 14.4 Å². The lowest BCUT2D eigenvalue weighted by Gasteiger charge is -2.01. The van der Waals surface area contributed by atoms with Crippen LogP contribution in [0.4, 0.5) is 0 Å². The largest absolute Gasteiger partial charge is 0.120 e. The Balaban J connectivity index is 0.000000280. The van der Waals surface area contributed by atoms with E-state index in [1.807, 2.05) is 20.8 Å². The molecule has 0 saturated carbocycles. The summed E-state index contributed by atoms with van der Waals surface area (Å²) in [5.74, 6) is 0. The normalized spacial score (nSPS) is 10.4. The van der Waals surface area contributed by atoms with E-state index in [1.54, 1.807) is 0 Å². The van der Waals surface area contributed by atoms with E-state index >= 15 is 0 Å². The van der Waals surface area contributed by atoms with Gasteiger partial charge in [0.25, 0.3) is 0 Å². The molecule has 0 aliphatic heterocycles. The van der Waals surface area contributed by atoms with E-state index in [0.29, 0.717) is 0 Å². The first-order valence-electron chi connectivity index (χ1n) is 6.22. The molecule has 2 rings (SSSR count). The minimum atomic E-state index is -0.234. The van der Waals surface area contributed by atoms with E-state index in [2.05, 4.69) is 60.7 Å². The van der Waals surface area contributed by atoms with Crippen molar-refractivity contribution in [2.45, 2.75) is 25.6 Å². The topological polar surface area (TPSA) is 0 Å². The molecule has 18 heavy (non-hydrogen) atoms. The molecule has 0 radical (unpaired) electrons. The fraction of sp³-hybridized carbons (Fsp3) is 0.250. The van der Waals surface area contributed by atoms with Gasteiger partial charge in [-0.1, -0.05) is 71.0 Å². The van der Waals surface area contributed by atoms with Crippen LogP contribution in [0.2, 0.25) is 0 Å². The summed E-state index contributed by atoms with van der Waals surface area (Å²) in [5.41, 5.74) is 0. The number of rotatable bonds is 2. The lowest BCUT2D eigenvalue weighted by molar-refractivity contribution is 0.788. The second-order valence-corrected chi connectivity index (χ2v) is 8.34. The highest BCUT2D eigenvalue weighted by Gasteiger charge is 1.99. The van der Waals surface area contributed by atoms with Gasteiger partial charge in [0.1, 0.15) is 0 Å². The maximum absolute atomic E-state index is 5.53. The third-order valence-electron chi connectivity index (χ3n) is 2.09. The molecule has 96 valence electrons. The van der Waals surface area contributed by atoms with Crippen LogP contribution >= 0.6 is 11.6 Å². The summed E-state index contributed by atoms with van der Waals surface area (Å²) >= 11 is 5.53. The van der Waals surface area contributed by atoms with Crippen molar-refractivity contribution >= 4 is 31.5 Å². The van der Waals surface area contributed by atoms with Crippen molar-refractivity contribution in [2.75, 3.05) is 0 Å². The summed E-state index contributed by atoms with van der Waals surface area (Å²) in [6.07, 6.45) is 0. The zero-order valence-corrected chi connectivity index (χ0v) is 13.5. The van der Waals surface area contributed by atoms with E-state index in [1.165, 1.54) is 10.4 Å². The fourth-order valence-electron chi connectivity index (χ4n) is 1.43. The maximum atomic E-state index is 5.53. The number of benzene rings is 2. The van der Waals surface area contributed by atoms with Gasteiger partial charge in [-0.05, 0) is 20.8 Å². The summed E-state index contributed by atoms with van der Waals surface area (Å²) < 4.78 is 0. The first-order valence-corrected chi connectivity index (χ1v) is 8.01. The summed E-state index contributed by atoms with van der Waals surface area (Å²) in [6, 6.07) is 21.5. The van der Waals surface area contributed by atoms with Gasteiger partial charge in [-0.15, -0.1) is 11.6 Å². The van der Waals surface area contributed by atoms with Crippen LogP contribution in [0.1, 0.15) is 20.8 Å². The SMILES string of the molecule is CC(C)(C)Cl.c1ccc([SiH2]c2ccccc2)cc1. The highest BCUT2D eigenvalue weighted by molar-refractivity contribution is 6.67. The van der Waals surface area contributed by atoms with Crippen molar-refractivity contribution in [3.63, 3.8) is 0 Å². The molecule has 0 saturated heterocycles. The van der Waals surface area contributed by atoms with Gasteiger partial charge >= 0.3 is 0 Å². The van der Waals surface area contributed by atoms with Crippen LogP contribution in [0.15, 0.2) is 60.7 Å². The van der Waals surface area contributed by atoms with Crippen LogP contribution in [0.5, 0.6) is 0 Å². The second kappa shape index (κ2) is 7.40. The van der Waals surface area contributed by atoms with Crippen molar-refractivity contribution in [1.29, 1.82) is 0 Å². The van der Waals surface area contributed by atoms with E-state index < -0.39 is 0 Å². The zero-order valence-electron chi connectivity index (χ0n) is 11.4.